The Morgan fingerprint density at radius 1 is 1.47 bits per heavy atom. The zero-order chi connectivity index (χ0) is 11.5. The Morgan fingerprint density at radius 3 is 2.60 bits per heavy atom. The number of hydrogen-bond acceptors (Lipinski definition) is 4. The predicted octanol–water partition coefficient (Wildman–Crippen LogP) is -0.192. The minimum Gasteiger partial charge on any atom is -0.389 e. The quantitative estimate of drug-likeness (QED) is 0.719. The largest absolute Gasteiger partial charge is 0.389 e. The first-order valence-corrected chi connectivity index (χ1v) is 6.80. The number of hydrogen-bond donors (Lipinski definition) is 1. The lowest BCUT2D eigenvalue weighted by Gasteiger charge is -2.19. The van der Waals surface area contributed by atoms with Crippen LogP contribution in [-0.2, 0) is 14.8 Å². The third kappa shape index (κ3) is 4.06. The van der Waals surface area contributed by atoms with Crippen LogP contribution < -0.4 is 0 Å². The molecule has 1 N–H and O–H groups in total. The Labute approximate surface area is 91.1 Å². The molecule has 0 radical (unpaired) electrons. The number of aliphatic hydroxyl groups is 1. The van der Waals surface area contributed by atoms with Crippen LogP contribution in [0.15, 0.2) is 0 Å². The minimum absolute atomic E-state index is 0.0508. The van der Waals surface area contributed by atoms with Crippen molar-refractivity contribution in [1.82, 2.24) is 4.31 Å². The van der Waals surface area contributed by atoms with Crippen molar-refractivity contribution in [2.24, 2.45) is 0 Å². The number of aliphatic hydroxyl groups excluding tert-OH is 1. The summed E-state index contributed by atoms with van der Waals surface area (Å²) in [6, 6.07) is 0. The summed E-state index contributed by atoms with van der Waals surface area (Å²) in [7, 11) is -3.10. The van der Waals surface area contributed by atoms with E-state index in [0.29, 0.717) is 13.0 Å². The summed E-state index contributed by atoms with van der Waals surface area (Å²) in [5, 5.41) is 9.56. The molecule has 1 fully saturated rings. The van der Waals surface area contributed by atoms with E-state index in [2.05, 4.69) is 0 Å². The monoisotopic (exact) mass is 237 g/mol. The number of rotatable bonds is 5. The smallest absolute Gasteiger partial charge is 0.214 e. The number of nitrogens with zero attached hydrogens (tertiary/aromatic N) is 1. The maximum Gasteiger partial charge on any atom is 0.214 e. The number of ether oxygens (including phenoxy) is 1. The summed E-state index contributed by atoms with van der Waals surface area (Å²) < 4.78 is 29.4. The molecule has 1 heterocycles. The molecule has 1 saturated heterocycles. The van der Waals surface area contributed by atoms with Crippen LogP contribution in [0.1, 0.15) is 20.3 Å². The summed E-state index contributed by atoms with van der Waals surface area (Å²) in [5.41, 5.74) is 0. The van der Waals surface area contributed by atoms with Crippen LogP contribution in [0, 0.1) is 0 Å². The van der Waals surface area contributed by atoms with Gasteiger partial charge in [0.15, 0.2) is 0 Å². The van der Waals surface area contributed by atoms with Gasteiger partial charge < -0.3 is 9.84 Å². The summed E-state index contributed by atoms with van der Waals surface area (Å²) in [5.74, 6) is 0.199. The fourth-order valence-corrected chi connectivity index (χ4v) is 3.05. The molecule has 1 unspecified atom stereocenters. The second-order valence-electron chi connectivity index (χ2n) is 4.06. The van der Waals surface area contributed by atoms with Crippen molar-refractivity contribution in [2.75, 3.05) is 25.4 Å². The second kappa shape index (κ2) is 5.25. The molecule has 1 atom stereocenters. The van der Waals surface area contributed by atoms with Gasteiger partial charge in [-0.15, -0.1) is 0 Å². The third-order valence-electron chi connectivity index (χ3n) is 2.24. The molecule has 0 aromatic heterocycles. The Bertz CT molecular complexity index is 288. The van der Waals surface area contributed by atoms with Crippen LogP contribution in [-0.4, -0.2) is 55.5 Å². The zero-order valence-corrected chi connectivity index (χ0v) is 10.0. The van der Waals surface area contributed by atoms with Gasteiger partial charge in [-0.05, 0) is 20.3 Å². The lowest BCUT2D eigenvalue weighted by molar-refractivity contribution is 0.000194. The topological polar surface area (TPSA) is 66.8 Å². The highest BCUT2D eigenvalue weighted by molar-refractivity contribution is 7.89. The SMILES string of the molecule is CC(C)OCC(O)CN1CCCS1(=O)=O. The maximum absolute atomic E-state index is 11.4. The average molecular weight is 237 g/mol. The van der Waals surface area contributed by atoms with E-state index in [9.17, 15) is 13.5 Å². The molecule has 6 heteroatoms. The van der Waals surface area contributed by atoms with Crippen LogP contribution in [0.5, 0.6) is 0 Å². The molecule has 0 aliphatic carbocycles. The van der Waals surface area contributed by atoms with Gasteiger partial charge in [0.05, 0.1) is 24.6 Å². The highest BCUT2D eigenvalue weighted by Crippen LogP contribution is 2.13. The van der Waals surface area contributed by atoms with Gasteiger partial charge >= 0.3 is 0 Å². The van der Waals surface area contributed by atoms with E-state index in [4.69, 9.17) is 4.74 Å². The Morgan fingerprint density at radius 2 is 2.13 bits per heavy atom. The fourth-order valence-electron chi connectivity index (χ4n) is 1.49. The molecule has 1 aliphatic heterocycles. The van der Waals surface area contributed by atoms with E-state index >= 15 is 0 Å². The van der Waals surface area contributed by atoms with Crippen molar-refractivity contribution >= 4 is 10.0 Å². The molecule has 5 nitrogen and oxygen atoms in total. The molecule has 15 heavy (non-hydrogen) atoms. The standard InChI is InChI=1S/C9H19NO4S/c1-8(2)14-7-9(11)6-10-4-3-5-15(10,12)13/h8-9,11H,3-7H2,1-2H3. The van der Waals surface area contributed by atoms with E-state index in [-0.39, 0.29) is 25.0 Å². The lowest BCUT2D eigenvalue weighted by Crippen LogP contribution is -2.36. The molecule has 0 aromatic rings. The molecule has 0 bridgehead atoms. The van der Waals surface area contributed by atoms with Crippen molar-refractivity contribution in [3.63, 3.8) is 0 Å². The van der Waals surface area contributed by atoms with E-state index < -0.39 is 16.1 Å². The van der Waals surface area contributed by atoms with E-state index in [0.717, 1.165) is 0 Å². The van der Waals surface area contributed by atoms with Gasteiger partial charge in [0.2, 0.25) is 10.0 Å². The van der Waals surface area contributed by atoms with Crippen LogP contribution in [0.3, 0.4) is 0 Å². The van der Waals surface area contributed by atoms with Crippen LogP contribution in [0.25, 0.3) is 0 Å². The Hall–Kier alpha value is -0.170. The third-order valence-corrected chi connectivity index (χ3v) is 4.16. The van der Waals surface area contributed by atoms with Crippen molar-refractivity contribution in [2.45, 2.75) is 32.5 Å². The predicted molar refractivity (Wildman–Crippen MR) is 57.1 cm³/mol. The van der Waals surface area contributed by atoms with Crippen LogP contribution >= 0.6 is 0 Å². The molecule has 0 saturated carbocycles. The number of β-amino-alcohol motifs (C(OH)–C–C–N with tert-alkyl or cyclic N) is 1. The van der Waals surface area contributed by atoms with Gasteiger partial charge in [0.1, 0.15) is 0 Å². The summed E-state index contributed by atoms with van der Waals surface area (Å²) in [6.45, 7) is 4.60. The molecule has 0 amide bonds. The van der Waals surface area contributed by atoms with E-state index in [1.165, 1.54) is 4.31 Å². The van der Waals surface area contributed by atoms with Crippen molar-refractivity contribution in [3.8, 4) is 0 Å². The summed E-state index contributed by atoms with van der Waals surface area (Å²) in [4.78, 5) is 0. The van der Waals surface area contributed by atoms with Gasteiger partial charge in [-0.2, -0.15) is 4.31 Å². The van der Waals surface area contributed by atoms with Gasteiger partial charge in [0, 0.05) is 13.1 Å². The molecule has 0 spiro atoms. The highest BCUT2D eigenvalue weighted by atomic mass is 32.2. The normalized spacial score (nSPS) is 23.5. The molecule has 1 aliphatic rings. The van der Waals surface area contributed by atoms with E-state index in [1.807, 2.05) is 13.8 Å². The fraction of sp³-hybridized carbons (Fsp3) is 1.00. The lowest BCUT2D eigenvalue weighted by atomic mass is 10.3. The summed E-state index contributed by atoms with van der Waals surface area (Å²) >= 11 is 0. The first-order valence-electron chi connectivity index (χ1n) is 5.19. The van der Waals surface area contributed by atoms with Crippen LogP contribution in [0.2, 0.25) is 0 Å². The Kier molecular flexibility index (Phi) is 4.51. The summed E-state index contributed by atoms with van der Waals surface area (Å²) in [6.07, 6.45) is -0.0322. The molecular weight excluding hydrogens is 218 g/mol. The van der Waals surface area contributed by atoms with Gasteiger partial charge in [-0.3, -0.25) is 0 Å². The van der Waals surface area contributed by atoms with Crippen molar-refractivity contribution in [1.29, 1.82) is 0 Å². The highest BCUT2D eigenvalue weighted by Gasteiger charge is 2.29. The molecule has 1 rings (SSSR count). The molecule has 90 valence electrons. The first-order chi connectivity index (χ1) is 6.92. The van der Waals surface area contributed by atoms with Gasteiger partial charge in [-0.25, -0.2) is 8.42 Å². The minimum atomic E-state index is -3.10. The number of sulfonamides is 1. The van der Waals surface area contributed by atoms with Crippen molar-refractivity contribution in [3.05, 3.63) is 0 Å². The average Bonchev–Trinajstić information content (AvgIpc) is 2.43. The molecular formula is C9H19NO4S. The van der Waals surface area contributed by atoms with Crippen molar-refractivity contribution < 1.29 is 18.3 Å². The maximum atomic E-state index is 11.4. The van der Waals surface area contributed by atoms with Gasteiger partial charge in [-0.1, -0.05) is 0 Å². The second-order valence-corrected chi connectivity index (χ2v) is 6.15. The van der Waals surface area contributed by atoms with E-state index in [1.54, 1.807) is 0 Å². The van der Waals surface area contributed by atoms with Crippen LogP contribution in [0.4, 0.5) is 0 Å². The Balaban J connectivity index is 2.35. The molecule has 0 aromatic carbocycles. The van der Waals surface area contributed by atoms with Gasteiger partial charge in [0.25, 0.3) is 0 Å². The zero-order valence-electron chi connectivity index (χ0n) is 9.22. The first kappa shape index (κ1) is 12.9.